The minimum Gasteiger partial charge on any atom is -0.497 e. The van der Waals surface area contributed by atoms with Gasteiger partial charge in [-0.3, -0.25) is 4.79 Å². The number of anilines is 1. The predicted molar refractivity (Wildman–Crippen MR) is 153 cm³/mol. The van der Waals surface area contributed by atoms with Crippen LogP contribution in [0.15, 0.2) is 93.7 Å². The molecule has 0 fully saturated rings. The van der Waals surface area contributed by atoms with Gasteiger partial charge in [0, 0.05) is 32.5 Å². The van der Waals surface area contributed by atoms with E-state index in [0.29, 0.717) is 10.8 Å². The average Bonchev–Trinajstić information content (AvgIpc) is 3.56. The first-order valence-corrected chi connectivity index (χ1v) is 14.7. The summed E-state index contributed by atoms with van der Waals surface area (Å²) in [6, 6.07) is 20.2. The number of ether oxygens (including phenoxy) is 1. The summed E-state index contributed by atoms with van der Waals surface area (Å²) >= 11 is 4.58. The van der Waals surface area contributed by atoms with Gasteiger partial charge in [-0.1, -0.05) is 34.1 Å². The fourth-order valence-electron chi connectivity index (χ4n) is 4.00. The Labute approximate surface area is 232 Å². The van der Waals surface area contributed by atoms with Gasteiger partial charge in [0.15, 0.2) is 5.13 Å². The second-order valence-electron chi connectivity index (χ2n) is 8.45. The number of thiazole rings is 1. The summed E-state index contributed by atoms with van der Waals surface area (Å²) < 4.78 is 35.0. The molecule has 0 bridgehead atoms. The van der Waals surface area contributed by atoms with Crippen LogP contribution in [0.5, 0.6) is 5.75 Å². The van der Waals surface area contributed by atoms with E-state index in [9.17, 15) is 13.2 Å². The second kappa shape index (κ2) is 11.1. The van der Waals surface area contributed by atoms with Gasteiger partial charge in [0.25, 0.3) is 0 Å². The second-order valence-corrected chi connectivity index (χ2v) is 11.9. The highest BCUT2D eigenvalue weighted by atomic mass is 79.9. The standard InChI is InChI=1S/C27H23BrN4O4S2/c1-36-20-10-6-17(7-11-20)25-16-37-27(30-25)31-26(33)24(14-18-15-29-23-5-3-2-4-22(18)23)32-38(34,35)21-12-8-19(28)9-13-21/h2-13,15-16,24,29,32H,14H2,1H3,(H,30,31,33)/t24-/m0/s1. The lowest BCUT2D eigenvalue weighted by atomic mass is 10.1. The molecule has 8 nitrogen and oxygen atoms in total. The zero-order chi connectivity index (χ0) is 26.7. The molecule has 1 atom stereocenters. The number of nitrogens with one attached hydrogen (secondary N) is 3. The summed E-state index contributed by atoms with van der Waals surface area (Å²) in [6.07, 6.45) is 1.94. The lowest BCUT2D eigenvalue weighted by Gasteiger charge is -2.18. The first-order valence-electron chi connectivity index (χ1n) is 11.6. The van der Waals surface area contributed by atoms with Gasteiger partial charge in [-0.25, -0.2) is 13.4 Å². The maximum absolute atomic E-state index is 13.5. The Kier molecular flexibility index (Phi) is 7.61. The molecule has 3 N–H and O–H groups in total. The van der Waals surface area contributed by atoms with E-state index in [1.54, 1.807) is 25.4 Å². The zero-order valence-corrected chi connectivity index (χ0v) is 23.4. The van der Waals surface area contributed by atoms with Crippen molar-refractivity contribution in [3.63, 3.8) is 0 Å². The van der Waals surface area contributed by atoms with Crippen LogP contribution in [0.4, 0.5) is 5.13 Å². The SMILES string of the molecule is COc1ccc(-c2csc(NC(=O)[C@H](Cc3c[nH]c4ccccc34)NS(=O)(=O)c3ccc(Br)cc3)n2)cc1. The highest BCUT2D eigenvalue weighted by Gasteiger charge is 2.28. The van der Waals surface area contributed by atoms with Gasteiger partial charge in [0.05, 0.1) is 17.7 Å². The van der Waals surface area contributed by atoms with Crippen molar-refractivity contribution in [3.05, 3.63) is 94.4 Å². The van der Waals surface area contributed by atoms with E-state index in [4.69, 9.17) is 4.74 Å². The van der Waals surface area contributed by atoms with Crippen LogP contribution in [0.25, 0.3) is 22.2 Å². The van der Waals surface area contributed by atoms with Crippen molar-refractivity contribution in [2.75, 3.05) is 12.4 Å². The fraction of sp³-hybridized carbons (Fsp3) is 0.111. The highest BCUT2D eigenvalue weighted by molar-refractivity contribution is 9.10. The third-order valence-electron chi connectivity index (χ3n) is 5.96. The largest absolute Gasteiger partial charge is 0.497 e. The number of benzene rings is 3. The Bertz CT molecular complexity index is 1680. The van der Waals surface area contributed by atoms with Crippen LogP contribution >= 0.6 is 27.3 Å². The molecule has 0 spiro atoms. The molecule has 0 aliphatic heterocycles. The molecule has 3 aromatic carbocycles. The van der Waals surface area contributed by atoms with Crippen LogP contribution in [-0.2, 0) is 21.2 Å². The molecule has 2 heterocycles. The predicted octanol–water partition coefficient (Wildman–Crippen LogP) is 5.59. The smallest absolute Gasteiger partial charge is 0.244 e. The summed E-state index contributed by atoms with van der Waals surface area (Å²) in [4.78, 5) is 21.2. The number of halogens is 1. The molecule has 5 aromatic rings. The van der Waals surface area contributed by atoms with Crippen molar-refractivity contribution in [3.8, 4) is 17.0 Å². The molecule has 38 heavy (non-hydrogen) atoms. The maximum atomic E-state index is 13.5. The number of H-pyrrole nitrogens is 1. The Morgan fingerprint density at radius 3 is 2.55 bits per heavy atom. The lowest BCUT2D eigenvalue weighted by molar-refractivity contribution is -0.117. The number of methoxy groups -OCH3 is 1. The molecule has 0 aliphatic rings. The van der Waals surface area contributed by atoms with Crippen LogP contribution < -0.4 is 14.8 Å². The van der Waals surface area contributed by atoms with E-state index in [1.165, 1.54) is 23.5 Å². The Morgan fingerprint density at radius 2 is 1.82 bits per heavy atom. The molecule has 2 aromatic heterocycles. The van der Waals surface area contributed by atoms with Gasteiger partial charge < -0.3 is 15.0 Å². The van der Waals surface area contributed by atoms with Crippen LogP contribution in [0.3, 0.4) is 0 Å². The van der Waals surface area contributed by atoms with Gasteiger partial charge in [0.2, 0.25) is 15.9 Å². The minimum absolute atomic E-state index is 0.0634. The molecule has 0 unspecified atom stereocenters. The van der Waals surface area contributed by atoms with E-state index in [-0.39, 0.29) is 11.3 Å². The summed E-state index contributed by atoms with van der Waals surface area (Å²) in [6.45, 7) is 0. The summed E-state index contributed by atoms with van der Waals surface area (Å²) in [5, 5.41) is 5.92. The zero-order valence-electron chi connectivity index (χ0n) is 20.1. The van der Waals surface area contributed by atoms with Crippen molar-refractivity contribution in [2.45, 2.75) is 17.4 Å². The Morgan fingerprint density at radius 1 is 1.08 bits per heavy atom. The molecule has 11 heteroatoms. The van der Waals surface area contributed by atoms with Crippen LogP contribution in [0.2, 0.25) is 0 Å². The number of sulfonamides is 1. The maximum Gasteiger partial charge on any atom is 0.244 e. The van der Waals surface area contributed by atoms with Crippen molar-refractivity contribution in [1.82, 2.24) is 14.7 Å². The quantitative estimate of drug-likeness (QED) is 0.201. The fourth-order valence-corrected chi connectivity index (χ4v) is 6.18. The van der Waals surface area contributed by atoms with E-state index in [0.717, 1.165) is 32.3 Å². The first-order chi connectivity index (χ1) is 18.3. The summed E-state index contributed by atoms with van der Waals surface area (Å²) in [7, 11) is -2.38. The molecule has 194 valence electrons. The van der Waals surface area contributed by atoms with Gasteiger partial charge in [0.1, 0.15) is 11.8 Å². The summed E-state index contributed by atoms with van der Waals surface area (Å²) in [5.74, 6) is 0.224. The average molecular weight is 612 g/mol. The number of rotatable bonds is 9. The molecular weight excluding hydrogens is 588 g/mol. The monoisotopic (exact) mass is 610 g/mol. The van der Waals surface area contributed by atoms with Gasteiger partial charge >= 0.3 is 0 Å². The van der Waals surface area contributed by atoms with Crippen molar-refractivity contribution < 1.29 is 17.9 Å². The number of carbonyl (C=O) groups excluding carboxylic acids is 1. The van der Waals surface area contributed by atoms with Crippen LogP contribution in [0.1, 0.15) is 5.56 Å². The van der Waals surface area contributed by atoms with E-state index >= 15 is 0 Å². The molecule has 1 amide bonds. The molecule has 0 saturated carbocycles. The lowest BCUT2D eigenvalue weighted by Crippen LogP contribution is -2.45. The number of fused-ring (bicyclic) bond motifs is 1. The van der Waals surface area contributed by atoms with E-state index in [2.05, 4.69) is 35.9 Å². The van der Waals surface area contributed by atoms with Crippen LogP contribution in [0, 0.1) is 0 Å². The van der Waals surface area contributed by atoms with Gasteiger partial charge in [-0.15, -0.1) is 11.3 Å². The summed E-state index contributed by atoms with van der Waals surface area (Å²) in [5.41, 5.74) is 3.28. The van der Waals surface area contributed by atoms with Crippen molar-refractivity contribution in [1.29, 1.82) is 0 Å². The minimum atomic E-state index is -3.99. The number of aromatic amines is 1. The van der Waals surface area contributed by atoms with Crippen LogP contribution in [-0.4, -0.2) is 37.4 Å². The number of hydrogen-bond donors (Lipinski definition) is 3. The number of amides is 1. The molecule has 5 rings (SSSR count). The third kappa shape index (κ3) is 5.81. The van der Waals surface area contributed by atoms with E-state index in [1.807, 2.05) is 53.9 Å². The van der Waals surface area contributed by atoms with Crippen molar-refractivity contribution >= 4 is 59.2 Å². The number of para-hydroxylation sites is 1. The molecule has 0 radical (unpaired) electrons. The first kappa shape index (κ1) is 26.1. The number of aromatic nitrogens is 2. The van der Waals surface area contributed by atoms with Gasteiger partial charge in [-0.05, 0) is 66.6 Å². The van der Waals surface area contributed by atoms with Gasteiger partial charge in [-0.2, -0.15) is 4.72 Å². The normalized spacial score (nSPS) is 12.4. The molecule has 0 aliphatic carbocycles. The number of carbonyl (C=O) groups is 1. The van der Waals surface area contributed by atoms with Crippen molar-refractivity contribution in [2.24, 2.45) is 0 Å². The third-order valence-corrected chi connectivity index (χ3v) is 8.73. The molecule has 0 saturated heterocycles. The molecular formula is C27H23BrN4O4S2. The number of hydrogen-bond acceptors (Lipinski definition) is 6. The Hall–Kier alpha value is -3.51. The topological polar surface area (TPSA) is 113 Å². The van der Waals surface area contributed by atoms with E-state index < -0.39 is 22.0 Å². The number of nitrogens with zero attached hydrogens (tertiary/aromatic N) is 1. The Balaban J connectivity index is 1.40. The highest BCUT2D eigenvalue weighted by Crippen LogP contribution is 2.27.